The number of aromatic nitrogens is 1. The van der Waals surface area contributed by atoms with E-state index in [4.69, 9.17) is 4.74 Å². The van der Waals surface area contributed by atoms with Crippen molar-refractivity contribution in [1.29, 1.82) is 0 Å². The van der Waals surface area contributed by atoms with Gasteiger partial charge in [0.15, 0.2) is 15.0 Å². The zero-order valence-corrected chi connectivity index (χ0v) is 17.8. The molecule has 1 N–H and O–H groups in total. The lowest BCUT2D eigenvalue weighted by molar-refractivity contribution is -0.113. The molecule has 0 fully saturated rings. The van der Waals surface area contributed by atoms with Crippen LogP contribution in [0.4, 0.5) is 5.13 Å². The summed E-state index contributed by atoms with van der Waals surface area (Å²) in [6, 6.07) is 14.0. The average molecular weight is 431 g/mol. The van der Waals surface area contributed by atoms with Crippen LogP contribution in [-0.2, 0) is 14.6 Å². The third-order valence-corrected chi connectivity index (χ3v) is 6.47. The predicted octanol–water partition coefficient (Wildman–Crippen LogP) is 4.32. The minimum absolute atomic E-state index is 0.128. The van der Waals surface area contributed by atoms with E-state index in [2.05, 4.69) is 10.3 Å². The van der Waals surface area contributed by atoms with Gasteiger partial charge in [-0.15, -0.1) is 11.3 Å². The van der Waals surface area contributed by atoms with E-state index in [-0.39, 0.29) is 4.90 Å². The molecule has 1 heterocycles. The quantitative estimate of drug-likeness (QED) is 0.575. The molecular formula is C21H22N2O4S2. The van der Waals surface area contributed by atoms with Crippen molar-refractivity contribution in [3.63, 3.8) is 0 Å². The van der Waals surface area contributed by atoms with Crippen molar-refractivity contribution in [2.45, 2.75) is 25.2 Å². The molecule has 0 atom stereocenters. The number of anilines is 1. The second-order valence-electron chi connectivity index (χ2n) is 6.53. The summed E-state index contributed by atoms with van der Waals surface area (Å²) in [5, 5.41) is 4.74. The van der Waals surface area contributed by atoms with Crippen molar-refractivity contribution in [2.75, 3.05) is 17.7 Å². The maximum Gasteiger partial charge on any atom is 0.241 e. The highest BCUT2D eigenvalue weighted by Crippen LogP contribution is 2.26. The highest BCUT2D eigenvalue weighted by molar-refractivity contribution is 7.92. The van der Waals surface area contributed by atoms with Crippen LogP contribution in [-0.4, -0.2) is 31.7 Å². The predicted molar refractivity (Wildman–Crippen MR) is 115 cm³/mol. The molecule has 0 aliphatic carbocycles. The summed E-state index contributed by atoms with van der Waals surface area (Å²) in [6.45, 7) is 4.58. The van der Waals surface area contributed by atoms with Crippen LogP contribution in [0.2, 0.25) is 0 Å². The second-order valence-corrected chi connectivity index (χ2v) is 9.38. The number of rotatable bonds is 8. The summed E-state index contributed by atoms with van der Waals surface area (Å²) in [5.41, 5.74) is 2.54. The number of benzene rings is 2. The number of aryl methyl sites for hydroxylation is 1. The van der Waals surface area contributed by atoms with Gasteiger partial charge in [-0.2, -0.15) is 0 Å². The Hall–Kier alpha value is -2.71. The Morgan fingerprint density at radius 1 is 1.10 bits per heavy atom. The van der Waals surface area contributed by atoms with Crippen LogP contribution < -0.4 is 10.1 Å². The lowest BCUT2D eigenvalue weighted by Gasteiger charge is -2.05. The van der Waals surface area contributed by atoms with Gasteiger partial charge in [0.2, 0.25) is 5.91 Å². The first kappa shape index (κ1) is 21.0. The molecule has 29 heavy (non-hydrogen) atoms. The molecule has 0 spiro atoms. The molecule has 3 aromatic rings. The van der Waals surface area contributed by atoms with Gasteiger partial charge in [0, 0.05) is 10.9 Å². The van der Waals surface area contributed by atoms with E-state index in [1.807, 2.05) is 43.5 Å². The van der Waals surface area contributed by atoms with Crippen molar-refractivity contribution >= 4 is 32.2 Å². The van der Waals surface area contributed by atoms with E-state index in [9.17, 15) is 13.2 Å². The molecule has 1 aromatic heterocycles. The smallest absolute Gasteiger partial charge is 0.241 e. The molecule has 1 amide bonds. The summed E-state index contributed by atoms with van der Waals surface area (Å²) in [6.07, 6.45) is 0.941. The van der Waals surface area contributed by atoms with Gasteiger partial charge in [-0.3, -0.25) is 4.79 Å². The first-order chi connectivity index (χ1) is 13.9. The van der Waals surface area contributed by atoms with Crippen molar-refractivity contribution in [3.05, 3.63) is 59.5 Å². The molecule has 3 rings (SSSR count). The number of hydrogen-bond donors (Lipinski definition) is 1. The van der Waals surface area contributed by atoms with Gasteiger partial charge in [0.25, 0.3) is 0 Å². The molecular weight excluding hydrogens is 408 g/mol. The van der Waals surface area contributed by atoms with E-state index in [1.54, 1.807) is 12.1 Å². The zero-order chi connectivity index (χ0) is 20.9. The van der Waals surface area contributed by atoms with Gasteiger partial charge in [0.1, 0.15) is 11.5 Å². The van der Waals surface area contributed by atoms with E-state index in [0.717, 1.165) is 23.3 Å². The van der Waals surface area contributed by atoms with E-state index in [1.165, 1.54) is 23.5 Å². The number of hydrogen-bond acceptors (Lipinski definition) is 6. The topological polar surface area (TPSA) is 85.4 Å². The largest absolute Gasteiger partial charge is 0.494 e. The van der Waals surface area contributed by atoms with Crippen molar-refractivity contribution in [3.8, 4) is 17.0 Å². The molecule has 152 valence electrons. The molecule has 6 nitrogen and oxygen atoms in total. The minimum Gasteiger partial charge on any atom is -0.494 e. The summed E-state index contributed by atoms with van der Waals surface area (Å²) < 4.78 is 30.3. The molecule has 0 aliphatic rings. The Labute approximate surface area is 174 Å². The summed E-state index contributed by atoms with van der Waals surface area (Å²) in [4.78, 5) is 16.7. The fraction of sp³-hybridized carbons (Fsp3) is 0.238. The highest BCUT2D eigenvalue weighted by atomic mass is 32.2. The molecule has 2 aromatic carbocycles. The van der Waals surface area contributed by atoms with E-state index in [0.29, 0.717) is 17.4 Å². The number of amides is 1. The van der Waals surface area contributed by atoms with Crippen LogP contribution in [0.5, 0.6) is 5.75 Å². The van der Waals surface area contributed by atoms with Crippen LogP contribution >= 0.6 is 11.3 Å². The summed E-state index contributed by atoms with van der Waals surface area (Å²) in [5.74, 6) is -0.454. The number of thiazole rings is 1. The van der Waals surface area contributed by atoms with Crippen LogP contribution in [0, 0.1) is 6.92 Å². The molecule has 0 saturated carbocycles. The Bertz CT molecular complexity index is 1070. The number of nitrogens with one attached hydrogen (secondary N) is 1. The molecule has 0 aliphatic heterocycles. The van der Waals surface area contributed by atoms with Crippen molar-refractivity contribution in [1.82, 2.24) is 4.98 Å². The molecule has 0 bridgehead atoms. The van der Waals surface area contributed by atoms with E-state index >= 15 is 0 Å². The molecule has 0 radical (unpaired) electrons. The third-order valence-electron chi connectivity index (χ3n) is 4.07. The Balaban J connectivity index is 1.63. The van der Waals surface area contributed by atoms with Gasteiger partial charge < -0.3 is 10.1 Å². The zero-order valence-electron chi connectivity index (χ0n) is 16.2. The SMILES string of the molecule is CCCOc1ccc(-c2csc(NC(=O)CS(=O)(=O)c3ccc(C)cc3)n2)cc1. The number of carbonyl (C=O) groups is 1. The lowest BCUT2D eigenvalue weighted by Crippen LogP contribution is -2.22. The number of nitrogens with zero attached hydrogens (tertiary/aromatic N) is 1. The van der Waals surface area contributed by atoms with Crippen molar-refractivity contribution in [2.24, 2.45) is 0 Å². The summed E-state index contributed by atoms with van der Waals surface area (Å²) in [7, 11) is -3.70. The number of ether oxygens (including phenoxy) is 1. The minimum atomic E-state index is -3.70. The summed E-state index contributed by atoms with van der Waals surface area (Å²) >= 11 is 1.25. The molecule has 8 heteroatoms. The maximum atomic E-state index is 12.4. The van der Waals surface area contributed by atoms with Crippen LogP contribution in [0.1, 0.15) is 18.9 Å². The first-order valence-electron chi connectivity index (χ1n) is 9.15. The number of carbonyl (C=O) groups excluding carboxylic acids is 1. The van der Waals surface area contributed by atoms with Gasteiger partial charge >= 0.3 is 0 Å². The standard InChI is InChI=1S/C21H22N2O4S2/c1-3-12-27-17-8-6-16(7-9-17)19-13-28-21(22-19)23-20(24)14-29(25,26)18-10-4-15(2)5-11-18/h4-11,13H,3,12,14H2,1-2H3,(H,22,23,24). The molecule has 0 unspecified atom stereocenters. The Kier molecular flexibility index (Phi) is 6.66. The maximum absolute atomic E-state index is 12.4. The van der Waals surface area contributed by atoms with Gasteiger partial charge in [-0.05, 0) is 49.7 Å². The van der Waals surface area contributed by atoms with Gasteiger partial charge in [-0.1, -0.05) is 24.6 Å². The van der Waals surface area contributed by atoms with Crippen LogP contribution in [0.3, 0.4) is 0 Å². The van der Waals surface area contributed by atoms with Crippen LogP contribution in [0.25, 0.3) is 11.3 Å². The Morgan fingerprint density at radius 2 is 1.79 bits per heavy atom. The Morgan fingerprint density at radius 3 is 2.45 bits per heavy atom. The van der Waals surface area contributed by atoms with E-state index < -0.39 is 21.5 Å². The third kappa shape index (κ3) is 5.65. The average Bonchev–Trinajstić information content (AvgIpc) is 3.15. The van der Waals surface area contributed by atoms with Gasteiger partial charge in [0.05, 0.1) is 17.2 Å². The second kappa shape index (κ2) is 9.19. The number of sulfone groups is 1. The fourth-order valence-electron chi connectivity index (χ4n) is 2.56. The molecule has 0 saturated heterocycles. The first-order valence-corrected chi connectivity index (χ1v) is 11.7. The normalized spacial score (nSPS) is 11.2. The van der Waals surface area contributed by atoms with Crippen molar-refractivity contribution < 1.29 is 17.9 Å². The fourth-order valence-corrected chi connectivity index (χ4v) is 4.43. The van der Waals surface area contributed by atoms with Gasteiger partial charge in [-0.25, -0.2) is 13.4 Å². The monoisotopic (exact) mass is 430 g/mol. The lowest BCUT2D eigenvalue weighted by atomic mass is 10.2. The highest BCUT2D eigenvalue weighted by Gasteiger charge is 2.20. The van der Waals surface area contributed by atoms with Crippen LogP contribution in [0.15, 0.2) is 58.8 Å².